The Bertz CT molecular complexity index is 898. The average Bonchev–Trinajstić information content (AvgIpc) is 3.03. The van der Waals surface area contributed by atoms with Gasteiger partial charge in [-0.2, -0.15) is 4.98 Å². The molecule has 0 fully saturated rings. The number of fused-ring (bicyclic) bond motifs is 1. The van der Waals surface area contributed by atoms with Crippen LogP contribution >= 0.6 is 0 Å². The Morgan fingerprint density at radius 2 is 1.88 bits per heavy atom. The van der Waals surface area contributed by atoms with Gasteiger partial charge < -0.3 is 10.2 Å². The van der Waals surface area contributed by atoms with Crippen molar-refractivity contribution in [1.82, 2.24) is 9.97 Å². The first kappa shape index (κ1) is 14.6. The van der Waals surface area contributed by atoms with Crippen LogP contribution in [0.25, 0.3) is 0 Å². The zero-order valence-electron chi connectivity index (χ0n) is 12.7. The van der Waals surface area contributed by atoms with Crippen molar-refractivity contribution >= 4 is 23.1 Å². The standard InChI is InChI=1S/C18H14F2N4/c19-14-6-5-13(11-15(14)20)22-18-21-9-7-17(23-18)24-10-8-12-3-1-2-4-16(12)24/h1-7,9,11H,8,10H2,(H,21,22,23). The molecular formula is C18H14F2N4. The predicted octanol–water partition coefficient (Wildman–Crippen LogP) is 4.19. The lowest BCUT2D eigenvalue weighted by Gasteiger charge is -2.18. The van der Waals surface area contributed by atoms with E-state index in [1.54, 1.807) is 6.20 Å². The van der Waals surface area contributed by atoms with E-state index in [-0.39, 0.29) is 0 Å². The summed E-state index contributed by atoms with van der Waals surface area (Å²) < 4.78 is 26.3. The molecule has 0 bridgehead atoms. The summed E-state index contributed by atoms with van der Waals surface area (Å²) in [5, 5.41) is 2.90. The van der Waals surface area contributed by atoms with E-state index in [1.165, 1.54) is 11.6 Å². The highest BCUT2D eigenvalue weighted by atomic mass is 19.2. The molecule has 120 valence electrons. The number of nitrogens with zero attached hydrogens (tertiary/aromatic N) is 3. The van der Waals surface area contributed by atoms with Gasteiger partial charge in [-0.1, -0.05) is 18.2 Å². The van der Waals surface area contributed by atoms with Gasteiger partial charge >= 0.3 is 0 Å². The minimum Gasteiger partial charge on any atom is -0.326 e. The van der Waals surface area contributed by atoms with Gasteiger partial charge in [0.2, 0.25) is 5.95 Å². The van der Waals surface area contributed by atoms with Crippen LogP contribution < -0.4 is 10.2 Å². The van der Waals surface area contributed by atoms with Gasteiger partial charge in [0.1, 0.15) is 5.82 Å². The van der Waals surface area contributed by atoms with Gasteiger partial charge in [0.15, 0.2) is 11.6 Å². The molecule has 0 aliphatic carbocycles. The van der Waals surface area contributed by atoms with Crippen LogP contribution in [0.15, 0.2) is 54.7 Å². The van der Waals surface area contributed by atoms with E-state index in [1.807, 2.05) is 18.2 Å². The highest BCUT2D eigenvalue weighted by Gasteiger charge is 2.21. The fourth-order valence-corrected chi connectivity index (χ4v) is 2.84. The summed E-state index contributed by atoms with van der Waals surface area (Å²) >= 11 is 0. The van der Waals surface area contributed by atoms with E-state index < -0.39 is 11.6 Å². The molecule has 4 nitrogen and oxygen atoms in total. The molecule has 6 heteroatoms. The van der Waals surface area contributed by atoms with Gasteiger partial charge in [0.05, 0.1) is 0 Å². The molecule has 0 saturated carbocycles. The smallest absolute Gasteiger partial charge is 0.229 e. The molecule has 1 aliphatic rings. The van der Waals surface area contributed by atoms with Crippen molar-refractivity contribution in [3.8, 4) is 0 Å². The summed E-state index contributed by atoms with van der Waals surface area (Å²) in [5.74, 6) is -0.698. The van der Waals surface area contributed by atoms with E-state index in [0.717, 1.165) is 36.6 Å². The maximum atomic E-state index is 13.3. The van der Waals surface area contributed by atoms with Gasteiger partial charge in [-0.15, -0.1) is 0 Å². The van der Waals surface area contributed by atoms with Crippen LogP contribution in [0.2, 0.25) is 0 Å². The lowest BCUT2D eigenvalue weighted by molar-refractivity contribution is 0.509. The molecule has 0 spiro atoms. The summed E-state index contributed by atoms with van der Waals surface area (Å²) in [6.45, 7) is 0.848. The third kappa shape index (κ3) is 2.67. The van der Waals surface area contributed by atoms with Crippen LogP contribution in [0.1, 0.15) is 5.56 Å². The van der Waals surface area contributed by atoms with Crippen molar-refractivity contribution in [2.24, 2.45) is 0 Å². The normalized spacial score (nSPS) is 13.0. The molecular weight excluding hydrogens is 310 g/mol. The molecule has 0 atom stereocenters. The number of nitrogens with one attached hydrogen (secondary N) is 1. The third-order valence-corrected chi connectivity index (χ3v) is 3.98. The molecule has 0 unspecified atom stereocenters. The maximum Gasteiger partial charge on any atom is 0.229 e. The summed E-state index contributed by atoms with van der Waals surface area (Å²) in [6.07, 6.45) is 2.61. The van der Waals surface area contributed by atoms with Crippen molar-refractivity contribution in [2.75, 3.05) is 16.8 Å². The molecule has 4 rings (SSSR count). The molecule has 1 aliphatic heterocycles. The van der Waals surface area contributed by atoms with Crippen LogP contribution in [0.5, 0.6) is 0 Å². The largest absolute Gasteiger partial charge is 0.326 e. The molecule has 2 aromatic carbocycles. The Morgan fingerprint density at radius 1 is 1.00 bits per heavy atom. The van der Waals surface area contributed by atoms with E-state index in [2.05, 4.69) is 32.3 Å². The Hall–Kier alpha value is -3.02. The van der Waals surface area contributed by atoms with Crippen LogP contribution in [0, 0.1) is 11.6 Å². The van der Waals surface area contributed by atoms with E-state index in [4.69, 9.17) is 0 Å². The van der Waals surface area contributed by atoms with Gasteiger partial charge in [0, 0.05) is 30.2 Å². The molecule has 2 heterocycles. The minimum absolute atomic E-state index is 0.336. The molecule has 0 saturated heterocycles. The fraction of sp³-hybridized carbons (Fsp3) is 0.111. The lowest BCUT2D eigenvalue weighted by Crippen LogP contribution is -2.15. The first-order valence-corrected chi connectivity index (χ1v) is 7.61. The number of anilines is 4. The topological polar surface area (TPSA) is 41.1 Å². The predicted molar refractivity (Wildman–Crippen MR) is 88.8 cm³/mol. The SMILES string of the molecule is Fc1ccc(Nc2nccc(N3CCc4ccccc43)n2)cc1F. The van der Waals surface area contributed by atoms with Crippen molar-refractivity contribution in [3.63, 3.8) is 0 Å². The number of aromatic nitrogens is 2. The first-order chi connectivity index (χ1) is 11.7. The highest BCUT2D eigenvalue weighted by Crippen LogP contribution is 2.33. The van der Waals surface area contributed by atoms with Crippen LogP contribution in [-0.2, 0) is 6.42 Å². The van der Waals surface area contributed by atoms with Crippen molar-refractivity contribution < 1.29 is 8.78 Å². The molecule has 24 heavy (non-hydrogen) atoms. The van der Waals surface area contributed by atoms with E-state index in [9.17, 15) is 8.78 Å². The summed E-state index contributed by atoms with van der Waals surface area (Å²) in [6, 6.07) is 13.6. The second kappa shape index (κ2) is 5.88. The number of halogens is 2. The zero-order chi connectivity index (χ0) is 16.5. The molecule has 0 radical (unpaired) electrons. The molecule has 1 aromatic heterocycles. The van der Waals surface area contributed by atoms with Gasteiger partial charge in [-0.25, -0.2) is 13.8 Å². The molecule has 3 aromatic rings. The second-order valence-electron chi connectivity index (χ2n) is 5.52. The Kier molecular flexibility index (Phi) is 3.57. The Morgan fingerprint density at radius 3 is 2.75 bits per heavy atom. The van der Waals surface area contributed by atoms with Crippen molar-refractivity contribution in [2.45, 2.75) is 6.42 Å². The zero-order valence-corrected chi connectivity index (χ0v) is 12.7. The first-order valence-electron chi connectivity index (χ1n) is 7.61. The number of benzene rings is 2. The second-order valence-corrected chi connectivity index (χ2v) is 5.52. The fourth-order valence-electron chi connectivity index (χ4n) is 2.84. The Labute approximate surface area is 137 Å². The number of rotatable bonds is 3. The Balaban J connectivity index is 1.61. The van der Waals surface area contributed by atoms with Gasteiger partial charge in [0.25, 0.3) is 0 Å². The van der Waals surface area contributed by atoms with E-state index >= 15 is 0 Å². The summed E-state index contributed by atoms with van der Waals surface area (Å²) in [4.78, 5) is 10.8. The van der Waals surface area contributed by atoms with Crippen molar-refractivity contribution in [3.05, 3.63) is 71.9 Å². The van der Waals surface area contributed by atoms with Crippen LogP contribution in [0.3, 0.4) is 0 Å². The maximum absolute atomic E-state index is 13.3. The highest BCUT2D eigenvalue weighted by molar-refractivity contribution is 5.68. The van der Waals surface area contributed by atoms with Crippen molar-refractivity contribution in [1.29, 1.82) is 0 Å². The number of hydrogen-bond acceptors (Lipinski definition) is 4. The molecule has 1 N–H and O–H groups in total. The monoisotopic (exact) mass is 324 g/mol. The summed E-state index contributed by atoms with van der Waals surface area (Å²) in [7, 11) is 0. The van der Waals surface area contributed by atoms with Gasteiger partial charge in [-0.05, 0) is 36.2 Å². The summed E-state index contributed by atoms with van der Waals surface area (Å²) in [5.41, 5.74) is 2.81. The average molecular weight is 324 g/mol. The lowest BCUT2D eigenvalue weighted by atomic mass is 10.2. The molecule has 0 amide bonds. The number of hydrogen-bond donors (Lipinski definition) is 1. The number of para-hydroxylation sites is 1. The quantitative estimate of drug-likeness (QED) is 0.784. The third-order valence-electron chi connectivity index (χ3n) is 3.98. The van der Waals surface area contributed by atoms with Gasteiger partial charge in [-0.3, -0.25) is 0 Å². The van der Waals surface area contributed by atoms with Crippen LogP contribution in [-0.4, -0.2) is 16.5 Å². The van der Waals surface area contributed by atoms with E-state index in [0.29, 0.717) is 11.6 Å². The van der Waals surface area contributed by atoms with Crippen LogP contribution in [0.4, 0.5) is 31.9 Å². The minimum atomic E-state index is -0.912.